The Kier molecular flexibility index (Phi) is 4.87. The molecule has 106 valence electrons. The monoisotopic (exact) mass is 287 g/mol. The fourth-order valence-electron chi connectivity index (χ4n) is 1.50. The first-order valence-electron chi connectivity index (χ1n) is 5.49. The van der Waals surface area contributed by atoms with Crippen LogP contribution in [0.1, 0.15) is 12.5 Å². The number of hydrazine groups is 1. The predicted octanol–water partition coefficient (Wildman–Crippen LogP) is -0.340. The van der Waals surface area contributed by atoms with Gasteiger partial charge in [0.25, 0.3) is 5.91 Å². The van der Waals surface area contributed by atoms with Crippen molar-refractivity contribution in [3.63, 3.8) is 0 Å². The number of aryl methyl sites for hydroxylation is 1. The van der Waals surface area contributed by atoms with Crippen molar-refractivity contribution in [2.75, 3.05) is 7.11 Å². The molecule has 0 bridgehead atoms. The van der Waals surface area contributed by atoms with Gasteiger partial charge in [0.2, 0.25) is 10.0 Å². The molecule has 19 heavy (non-hydrogen) atoms. The summed E-state index contributed by atoms with van der Waals surface area (Å²) in [6.07, 6.45) is 0. The highest BCUT2D eigenvalue weighted by atomic mass is 32.2. The number of ether oxygens (including phenoxy) is 1. The van der Waals surface area contributed by atoms with Gasteiger partial charge in [-0.15, -0.1) is 0 Å². The molecular weight excluding hydrogens is 270 g/mol. The highest BCUT2D eigenvalue weighted by Crippen LogP contribution is 2.21. The second-order valence-corrected chi connectivity index (χ2v) is 5.70. The summed E-state index contributed by atoms with van der Waals surface area (Å²) in [6, 6.07) is 3.46. The van der Waals surface area contributed by atoms with Crippen LogP contribution >= 0.6 is 0 Å². The zero-order chi connectivity index (χ0) is 14.6. The predicted molar refractivity (Wildman–Crippen MR) is 69.8 cm³/mol. The average Bonchev–Trinajstić information content (AvgIpc) is 2.37. The van der Waals surface area contributed by atoms with E-state index in [1.165, 1.54) is 26.2 Å². The fraction of sp³-hybridized carbons (Fsp3) is 0.364. The summed E-state index contributed by atoms with van der Waals surface area (Å²) < 4.78 is 31.4. The molecule has 1 aromatic rings. The van der Waals surface area contributed by atoms with E-state index in [-0.39, 0.29) is 4.90 Å². The molecule has 0 aromatic heterocycles. The number of nitrogens with one attached hydrogen (secondary N) is 2. The van der Waals surface area contributed by atoms with Crippen LogP contribution in [-0.2, 0) is 14.8 Å². The number of nitrogens with two attached hydrogens (primary N) is 1. The van der Waals surface area contributed by atoms with E-state index in [2.05, 4.69) is 4.72 Å². The van der Waals surface area contributed by atoms with Crippen LogP contribution in [0.5, 0.6) is 5.75 Å². The number of hydrogen-bond acceptors (Lipinski definition) is 5. The smallest absolute Gasteiger partial charge is 0.251 e. The molecule has 8 heteroatoms. The van der Waals surface area contributed by atoms with Gasteiger partial charge >= 0.3 is 0 Å². The van der Waals surface area contributed by atoms with Gasteiger partial charge in [-0.05, 0) is 37.6 Å². The second-order valence-electron chi connectivity index (χ2n) is 3.98. The van der Waals surface area contributed by atoms with Crippen LogP contribution in [0.15, 0.2) is 23.1 Å². The largest absolute Gasteiger partial charge is 0.496 e. The highest BCUT2D eigenvalue weighted by Gasteiger charge is 2.21. The highest BCUT2D eigenvalue weighted by molar-refractivity contribution is 7.89. The number of amides is 1. The molecule has 1 aromatic carbocycles. The molecule has 0 radical (unpaired) electrons. The molecule has 0 aliphatic carbocycles. The first-order chi connectivity index (χ1) is 8.81. The molecule has 0 fully saturated rings. The summed E-state index contributed by atoms with van der Waals surface area (Å²) in [6.45, 7) is 3.13. The van der Waals surface area contributed by atoms with E-state index in [0.717, 1.165) is 0 Å². The molecule has 1 amide bonds. The molecule has 0 unspecified atom stereocenters. The molecule has 0 saturated heterocycles. The molecule has 1 atom stereocenters. The van der Waals surface area contributed by atoms with Crippen molar-refractivity contribution in [1.29, 1.82) is 0 Å². The van der Waals surface area contributed by atoms with Crippen LogP contribution in [0.3, 0.4) is 0 Å². The zero-order valence-electron chi connectivity index (χ0n) is 10.9. The first-order valence-corrected chi connectivity index (χ1v) is 6.97. The number of benzene rings is 1. The summed E-state index contributed by atoms with van der Waals surface area (Å²) in [5.74, 6) is 4.91. The van der Waals surface area contributed by atoms with E-state index in [0.29, 0.717) is 11.3 Å². The molecular formula is C11H17N3O4S. The summed E-state index contributed by atoms with van der Waals surface area (Å²) in [7, 11) is -2.28. The van der Waals surface area contributed by atoms with Gasteiger partial charge in [0.1, 0.15) is 5.75 Å². The normalized spacial score (nSPS) is 12.8. The second kappa shape index (κ2) is 6.00. The first kappa shape index (κ1) is 15.4. The number of hydrogen-bond donors (Lipinski definition) is 3. The lowest BCUT2D eigenvalue weighted by Crippen LogP contribution is -2.47. The minimum Gasteiger partial charge on any atom is -0.496 e. The summed E-state index contributed by atoms with van der Waals surface area (Å²) in [5, 5.41) is 0. The van der Waals surface area contributed by atoms with E-state index in [1.54, 1.807) is 13.0 Å². The van der Waals surface area contributed by atoms with Crippen molar-refractivity contribution < 1.29 is 17.9 Å². The van der Waals surface area contributed by atoms with Crippen LogP contribution in [0.4, 0.5) is 0 Å². The summed E-state index contributed by atoms with van der Waals surface area (Å²) in [4.78, 5) is 11.3. The van der Waals surface area contributed by atoms with E-state index in [9.17, 15) is 13.2 Å². The lowest BCUT2D eigenvalue weighted by atomic mass is 10.2. The Morgan fingerprint density at radius 2 is 2.05 bits per heavy atom. The number of rotatable bonds is 5. The molecule has 0 heterocycles. The molecule has 7 nitrogen and oxygen atoms in total. The lowest BCUT2D eigenvalue weighted by molar-refractivity contribution is -0.122. The van der Waals surface area contributed by atoms with Crippen molar-refractivity contribution in [2.24, 2.45) is 5.84 Å². The van der Waals surface area contributed by atoms with Gasteiger partial charge in [-0.25, -0.2) is 14.3 Å². The van der Waals surface area contributed by atoms with Gasteiger partial charge in [0, 0.05) is 0 Å². The summed E-state index contributed by atoms with van der Waals surface area (Å²) >= 11 is 0. The van der Waals surface area contributed by atoms with Gasteiger partial charge in [-0.2, -0.15) is 4.72 Å². The minimum atomic E-state index is -3.78. The third kappa shape index (κ3) is 3.66. The van der Waals surface area contributed by atoms with Gasteiger partial charge in [-0.3, -0.25) is 10.2 Å². The molecule has 0 aliphatic heterocycles. The van der Waals surface area contributed by atoms with E-state index >= 15 is 0 Å². The topological polar surface area (TPSA) is 111 Å². The van der Waals surface area contributed by atoms with Gasteiger partial charge in [-0.1, -0.05) is 0 Å². The third-order valence-corrected chi connectivity index (χ3v) is 4.08. The van der Waals surface area contributed by atoms with Crippen molar-refractivity contribution in [1.82, 2.24) is 10.1 Å². The van der Waals surface area contributed by atoms with Crippen molar-refractivity contribution in [3.8, 4) is 5.75 Å². The molecule has 0 aliphatic rings. The number of carbonyl (C=O) groups is 1. The van der Waals surface area contributed by atoms with Crippen LogP contribution < -0.4 is 20.7 Å². The Morgan fingerprint density at radius 1 is 1.42 bits per heavy atom. The number of carbonyl (C=O) groups excluding carboxylic acids is 1. The fourth-order valence-corrected chi connectivity index (χ4v) is 2.79. The Morgan fingerprint density at radius 3 is 2.53 bits per heavy atom. The van der Waals surface area contributed by atoms with Crippen LogP contribution in [-0.4, -0.2) is 27.5 Å². The Labute approximate surface area is 112 Å². The summed E-state index contributed by atoms with van der Waals surface area (Å²) in [5.41, 5.74) is 2.56. The Balaban J connectivity index is 3.01. The minimum absolute atomic E-state index is 0.0578. The number of sulfonamides is 1. The van der Waals surface area contributed by atoms with E-state index in [4.69, 9.17) is 10.6 Å². The lowest BCUT2D eigenvalue weighted by Gasteiger charge is -2.13. The van der Waals surface area contributed by atoms with E-state index < -0.39 is 22.0 Å². The third-order valence-electron chi connectivity index (χ3n) is 2.54. The average molecular weight is 287 g/mol. The van der Waals surface area contributed by atoms with Crippen LogP contribution in [0, 0.1) is 6.92 Å². The van der Waals surface area contributed by atoms with Crippen LogP contribution in [0.2, 0.25) is 0 Å². The SMILES string of the molecule is COc1ccc(S(=O)(=O)N[C@@H](C)C(=O)NN)cc1C. The molecule has 0 spiro atoms. The van der Waals surface area contributed by atoms with Gasteiger partial charge in [0.05, 0.1) is 18.0 Å². The van der Waals surface area contributed by atoms with Crippen LogP contribution in [0.25, 0.3) is 0 Å². The van der Waals surface area contributed by atoms with Gasteiger partial charge in [0.15, 0.2) is 0 Å². The van der Waals surface area contributed by atoms with Gasteiger partial charge < -0.3 is 4.74 Å². The number of methoxy groups -OCH3 is 1. The van der Waals surface area contributed by atoms with E-state index in [1.807, 2.05) is 5.43 Å². The van der Waals surface area contributed by atoms with Crippen molar-refractivity contribution in [2.45, 2.75) is 24.8 Å². The molecule has 0 saturated carbocycles. The molecule has 1 rings (SSSR count). The zero-order valence-corrected chi connectivity index (χ0v) is 11.7. The maximum atomic E-state index is 12.0. The Hall–Kier alpha value is -1.64. The van der Waals surface area contributed by atoms with Crippen molar-refractivity contribution >= 4 is 15.9 Å². The standard InChI is InChI=1S/C11H17N3O4S/c1-7-6-9(4-5-10(7)18-3)19(16,17)14-8(2)11(15)13-12/h4-6,8,14H,12H2,1-3H3,(H,13,15)/t8-/m0/s1. The maximum absolute atomic E-state index is 12.0. The maximum Gasteiger partial charge on any atom is 0.251 e. The Bertz CT molecular complexity index is 571. The molecule has 4 N–H and O–H groups in total. The van der Waals surface area contributed by atoms with Crippen molar-refractivity contribution in [3.05, 3.63) is 23.8 Å². The quantitative estimate of drug-likeness (QED) is 0.390.